The van der Waals surface area contributed by atoms with E-state index in [4.69, 9.17) is 0 Å². The normalized spacial score (nSPS) is 13.8. The quantitative estimate of drug-likeness (QED) is 0.332. The molecule has 6 heteroatoms. The minimum atomic E-state index is -1.44. The van der Waals surface area contributed by atoms with Crippen LogP contribution in [0.1, 0.15) is 26.2 Å². The minimum absolute atomic E-state index is 0.00704. The summed E-state index contributed by atoms with van der Waals surface area (Å²) in [5.74, 6) is 3.23. The van der Waals surface area contributed by atoms with Crippen LogP contribution in [0.15, 0.2) is 24.3 Å². The number of rotatable bonds is 7. The molecule has 4 nitrogen and oxygen atoms in total. The Hall–Kier alpha value is -1.12. The fraction of sp³-hybridized carbons (Fsp3) is 0.529. The maximum atomic E-state index is 11.2. The summed E-state index contributed by atoms with van der Waals surface area (Å²) in [5, 5.41) is 21.6. The number of benzene rings is 1. The average Bonchev–Trinajstić information content (AvgIpc) is 2.45. The molecule has 0 aromatic heterocycles. The SMILES string of the molecule is CCC[C@@H](O)[C@@H](CC#C[Si](C)(C)C)[Se]c1ccccc1[N+](=O)[O-]. The van der Waals surface area contributed by atoms with Crippen molar-refractivity contribution in [2.45, 2.75) is 56.7 Å². The molecule has 23 heavy (non-hydrogen) atoms. The van der Waals surface area contributed by atoms with Gasteiger partial charge in [0.1, 0.15) is 0 Å². The van der Waals surface area contributed by atoms with Gasteiger partial charge in [-0.15, -0.1) is 0 Å². The second-order valence-corrected chi connectivity index (χ2v) is 13.9. The number of aliphatic hydroxyl groups excluding tert-OH is 1. The first-order valence-electron chi connectivity index (χ1n) is 7.82. The zero-order chi connectivity index (χ0) is 17.5. The van der Waals surface area contributed by atoms with E-state index in [1.807, 2.05) is 13.0 Å². The van der Waals surface area contributed by atoms with Gasteiger partial charge in [-0.25, -0.2) is 0 Å². The molecule has 0 saturated carbocycles. The number of aliphatic hydroxyl groups is 1. The van der Waals surface area contributed by atoms with E-state index in [1.165, 1.54) is 6.07 Å². The van der Waals surface area contributed by atoms with Gasteiger partial charge in [-0.1, -0.05) is 0 Å². The summed E-state index contributed by atoms with van der Waals surface area (Å²) in [6.07, 6.45) is 1.77. The van der Waals surface area contributed by atoms with Crippen molar-refractivity contribution in [1.29, 1.82) is 0 Å². The van der Waals surface area contributed by atoms with E-state index >= 15 is 0 Å². The van der Waals surface area contributed by atoms with E-state index in [2.05, 4.69) is 31.1 Å². The second kappa shape index (κ2) is 9.24. The second-order valence-electron chi connectivity index (χ2n) is 6.49. The molecule has 1 aromatic rings. The Labute approximate surface area is 146 Å². The van der Waals surface area contributed by atoms with Gasteiger partial charge in [-0.05, 0) is 0 Å². The topological polar surface area (TPSA) is 63.4 Å². The van der Waals surface area contributed by atoms with Gasteiger partial charge in [0.25, 0.3) is 0 Å². The van der Waals surface area contributed by atoms with Gasteiger partial charge in [0, 0.05) is 0 Å². The number of hydrogen-bond donors (Lipinski definition) is 1. The Morgan fingerprint density at radius 3 is 2.57 bits per heavy atom. The Morgan fingerprint density at radius 1 is 1.35 bits per heavy atom. The molecule has 0 heterocycles. The van der Waals surface area contributed by atoms with Crippen molar-refractivity contribution >= 4 is 33.2 Å². The van der Waals surface area contributed by atoms with E-state index in [9.17, 15) is 15.2 Å². The van der Waals surface area contributed by atoms with Crippen LogP contribution in [0.2, 0.25) is 24.5 Å². The third kappa shape index (κ3) is 7.32. The van der Waals surface area contributed by atoms with Crippen LogP contribution < -0.4 is 4.46 Å². The molecule has 0 fully saturated rings. The molecule has 1 rings (SSSR count). The van der Waals surface area contributed by atoms with Crippen molar-refractivity contribution in [1.82, 2.24) is 0 Å². The third-order valence-electron chi connectivity index (χ3n) is 3.12. The van der Waals surface area contributed by atoms with Crippen LogP contribution in [0.25, 0.3) is 0 Å². The molecule has 0 spiro atoms. The molecule has 1 aromatic carbocycles. The number of hydrogen-bond acceptors (Lipinski definition) is 3. The molecular weight excluding hydrogens is 373 g/mol. The van der Waals surface area contributed by atoms with Gasteiger partial charge in [-0.3, -0.25) is 0 Å². The first-order valence-corrected chi connectivity index (χ1v) is 13.2. The molecule has 2 atom stereocenters. The average molecular weight is 398 g/mol. The van der Waals surface area contributed by atoms with Crippen LogP contribution in [-0.2, 0) is 0 Å². The third-order valence-corrected chi connectivity index (χ3v) is 6.95. The number of nitrogens with zero attached hydrogens (tertiary/aromatic N) is 1. The zero-order valence-electron chi connectivity index (χ0n) is 14.2. The maximum absolute atomic E-state index is 11.2. The zero-order valence-corrected chi connectivity index (χ0v) is 16.9. The molecule has 0 aliphatic rings. The summed E-state index contributed by atoms with van der Waals surface area (Å²) >= 11 is -0.174. The Bertz CT molecular complexity index is 589. The fourth-order valence-electron chi connectivity index (χ4n) is 2.03. The van der Waals surface area contributed by atoms with E-state index in [-0.39, 0.29) is 30.4 Å². The van der Waals surface area contributed by atoms with Crippen molar-refractivity contribution in [3.05, 3.63) is 34.4 Å². The summed E-state index contributed by atoms with van der Waals surface area (Å²) in [7, 11) is -1.44. The molecule has 0 amide bonds. The summed E-state index contributed by atoms with van der Waals surface area (Å²) in [6.45, 7) is 8.59. The van der Waals surface area contributed by atoms with E-state index in [0.717, 1.165) is 10.9 Å². The van der Waals surface area contributed by atoms with Crippen molar-refractivity contribution in [3.8, 4) is 11.5 Å². The van der Waals surface area contributed by atoms with Gasteiger partial charge in [0.15, 0.2) is 0 Å². The molecule has 126 valence electrons. The summed E-state index contributed by atoms with van der Waals surface area (Å²) in [4.78, 5) is 10.8. The van der Waals surface area contributed by atoms with E-state index in [1.54, 1.807) is 12.1 Å². The van der Waals surface area contributed by atoms with Crippen LogP contribution >= 0.6 is 0 Å². The molecule has 1 N–H and O–H groups in total. The molecule has 0 saturated heterocycles. The van der Waals surface area contributed by atoms with Crippen LogP contribution in [0.3, 0.4) is 0 Å². The van der Waals surface area contributed by atoms with Crippen LogP contribution in [0.4, 0.5) is 5.69 Å². The molecule has 0 bridgehead atoms. The predicted molar refractivity (Wildman–Crippen MR) is 98.9 cm³/mol. The van der Waals surface area contributed by atoms with Crippen LogP contribution in [-0.4, -0.2) is 39.2 Å². The van der Waals surface area contributed by atoms with Crippen molar-refractivity contribution in [2.75, 3.05) is 0 Å². The summed E-state index contributed by atoms with van der Waals surface area (Å²) in [5.41, 5.74) is 3.48. The predicted octanol–water partition coefficient (Wildman–Crippen LogP) is 3.14. The standard InChI is InChI=1S/C17H25NO3SeSi/c1-5-9-15(19)17(12-8-13-23(2,3)4)22-16-11-7-6-10-14(16)18(20)21/h6-7,10-11,15,17,19H,5,9,12H2,1-4H3/t15-,17-/m1/s1. The van der Waals surface area contributed by atoms with Crippen molar-refractivity contribution < 1.29 is 10.0 Å². The van der Waals surface area contributed by atoms with E-state index in [0.29, 0.717) is 12.8 Å². The number of nitro benzene ring substituents is 1. The van der Waals surface area contributed by atoms with Crippen molar-refractivity contribution in [2.24, 2.45) is 0 Å². The van der Waals surface area contributed by atoms with Crippen LogP contribution in [0, 0.1) is 21.6 Å². The molecule has 0 aliphatic heterocycles. The Balaban J connectivity index is 2.97. The van der Waals surface area contributed by atoms with Gasteiger partial charge < -0.3 is 0 Å². The van der Waals surface area contributed by atoms with E-state index < -0.39 is 14.2 Å². The molecule has 0 aliphatic carbocycles. The Morgan fingerprint density at radius 2 is 2.00 bits per heavy atom. The van der Waals surface area contributed by atoms with Gasteiger partial charge in [-0.2, -0.15) is 0 Å². The monoisotopic (exact) mass is 399 g/mol. The van der Waals surface area contributed by atoms with Gasteiger partial charge in [0.2, 0.25) is 0 Å². The summed E-state index contributed by atoms with van der Waals surface area (Å²) in [6, 6.07) is 6.84. The summed E-state index contributed by atoms with van der Waals surface area (Å²) < 4.78 is 0.736. The first-order chi connectivity index (χ1) is 10.7. The fourth-order valence-corrected chi connectivity index (χ4v) is 5.19. The van der Waals surface area contributed by atoms with Gasteiger partial charge in [0.05, 0.1) is 0 Å². The number of nitro groups is 1. The first kappa shape index (κ1) is 19.9. The Kier molecular flexibility index (Phi) is 8.00. The number of para-hydroxylation sites is 1. The molecular formula is C17H25NO3SeSi. The molecule has 0 radical (unpaired) electrons. The van der Waals surface area contributed by atoms with Crippen molar-refractivity contribution in [3.63, 3.8) is 0 Å². The van der Waals surface area contributed by atoms with Crippen LogP contribution in [0.5, 0.6) is 0 Å². The van der Waals surface area contributed by atoms with Gasteiger partial charge >= 0.3 is 146 Å². The molecule has 0 unspecified atom stereocenters.